The number of urea groups is 1. The molecule has 0 aliphatic carbocycles. The molecule has 3 N–H and O–H groups in total. The molecule has 1 heterocycles. The van der Waals surface area contributed by atoms with Gasteiger partial charge < -0.3 is 20.5 Å². The maximum absolute atomic E-state index is 11.9. The van der Waals surface area contributed by atoms with Crippen molar-refractivity contribution in [2.45, 2.75) is 19.4 Å². The first kappa shape index (κ1) is 14.4. The molecule has 1 aromatic carbocycles. The molecule has 1 aliphatic heterocycles. The van der Waals surface area contributed by atoms with Gasteiger partial charge in [0.05, 0.1) is 12.6 Å². The molecule has 0 aromatic heterocycles. The van der Waals surface area contributed by atoms with Gasteiger partial charge in [0.1, 0.15) is 6.61 Å². The van der Waals surface area contributed by atoms with E-state index in [0.29, 0.717) is 18.9 Å². The van der Waals surface area contributed by atoms with Gasteiger partial charge in [-0.2, -0.15) is 0 Å². The van der Waals surface area contributed by atoms with Gasteiger partial charge in [-0.15, -0.1) is 0 Å². The Morgan fingerprint density at radius 2 is 2.35 bits per heavy atom. The summed E-state index contributed by atoms with van der Waals surface area (Å²) in [6.45, 7) is 3.00. The number of aliphatic hydroxyl groups is 1. The highest BCUT2D eigenvalue weighted by Gasteiger charge is 2.17. The van der Waals surface area contributed by atoms with Gasteiger partial charge in [-0.05, 0) is 37.1 Å². The third kappa shape index (κ3) is 4.26. The smallest absolute Gasteiger partial charge is 0.319 e. The van der Waals surface area contributed by atoms with Crippen LogP contribution in [0.1, 0.15) is 17.5 Å². The Hall–Kier alpha value is -2.03. The lowest BCUT2D eigenvalue weighted by Crippen LogP contribution is -2.38. The van der Waals surface area contributed by atoms with E-state index in [1.165, 1.54) is 0 Å². The number of hydrogen-bond donors (Lipinski definition) is 3. The van der Waals surface area contributed by atoms with Crippen molar-refractivity contribution in [1.82, 2.24) is 5.32 Å². The van der Waals surface area contributed by atoms with Gasteiger partial charge in [-0.3, -0.25) is 0 Å². The summed E-state index contributed by atoms with van der Waals surface area (Å²) >= 11 is 0. The third-order valence-corrected chi connectivity index (χ3v) is 2.91. The fourth-order valence-corrected chi connectivity index (χ4v) is 2.07. The summed E-state index contributed by atoms with van der Waals surface area (Å²) in [5.74, 6) is 5.42. The van der Waals surface area contributed by atoms with Crippen molar-refractivity contribution in [2.24, 2.45) is 0 Å². The van der Waals surface area contributed by atoms with E-state index in [1.807, 2.05) is 19.1 Å². The first-order valence-electron chi connectivity index (χ1n) is 6.54. The second-order valence-corrected chi connectivity index (χ2v) is 4.71. The minimum Gasteiger partial charge on any atom is -0.384 e. The van der Waals surface area contributed by atoms with Crippen LogP contribution in [-0.4, -0.2) is 37.0 Å². The number of anilines is 1. The Morgan fingerprint density at radius 3 is 3.05 bits per heavy atom. The van der Waals surface area contributed by atoms with E-state index in [2.05, 4.69) is 22.5 Å². The molecule has 1 fully saturated rings. The summed E-state index contributed by atoms with van der Waals surface area (Å²) in [4.78, 5) is 11.9. The molecular weight excluding hydrogens is 256 g/mol. The molecule has 1 unspecified atom stereocenters. The van der Waals surface area contributed by atoms with E-state index in [0.717, 1.165) is 17.5 Å². The van der Waals surface area contributed by atoms with Gasteiger partial charge in [-0.1, -0.05) is 11.8 Å². The molecule has 0 saturated carbocycles. The Balaban J connectivity index is 2.00. The van der Waals surface area contributed by atoms with Crippen LogP contribution in [-0.2, 0) is 4.74 Å². The number of carbonyl (C=O) groups is 1. The predicted molar refractivity (Wildman–Crippen MR) is 76.5 cm³/mol. The lowest BCUT2D eigenvalue weighted by Gasteiger charge is -2.12. The van der Waals surface area contributed by atoms with Crippen LogP contribution in [0, 0.1) is 18.8 Å². The fraction of sp³-hybridized carbons (Fsp3) is 0.400. The van der Waals surface area contributed by atoms with Crippen LogP contribution in [0.25, 0.3) is 0 Å². The first-order chi connectivity index (χ1) is 9.67. The summed E-state index contributed by atoms with van der Waals surface area (Å²) in [5, 5.41) is 14.4. The second-order valence-electron chi connectivity index (χ2n) is 4.71. The van der Waals surface area contributed by atoms with Crippen molar-refractivity contribution in [3.05, 3.63) is 29.3 Å². The van der Waals surface area contributed by atoms with E-state index in [4.69, 9.17) is 9.84 Å². The van der Waals surface area contributed by atoms with Crippen molar-refractivity contribution in [3.63, 3.8) is 0 Å². The van der Waals surface area contributed by atoms with Crippen LogP contribution in [0.2, 0.25) is 0 Å². The van der Waals surface area contributed by atoms with Gasteiger partial charge >= 0.3 is 6.03 Å². The molecule has 1 aromatic rings. The molecule has 0 radical (unpaired) electrons. The highest BCUT2D eigenvalue weighted by molar-refractivity contribution is 5.89. The van der Waals surface area contributed by atoms with E-state index in [1.54, 1.807) is 6.07 Å². The van der Waals surface area contributed by atoms with Crippen LogP contribution in [0.5, 0.6) is 0 Å². The maximum Gasteiger partial charge on any atom is 0.319 e. The average molecular weight is 274 g/mol. The highest BCUT2D eigenvalue weighted by Crippen LogP contribution is 2.14. The molecule has 1 aliphatic rings. The summed E-state index contributed by atoms with van der Waals surface area (Å²) in [7, 11) is 0. The van der Waals surface area contributed by atoms with Gasteiger partial charge in [0.15, 0.2) is 0 Å². The van der Waals surface area contributed by atoms with Crippen LogP contribution in [0.15, 0.2) is 18.2 Å². The number of benzene rings is 1. The van der Waals surface area contributed by atoms with Gasteiger partial charge in [0, 0.05) is 17.9 Å². The summed E-state index contributed by atoms with van der Waals surface area (Å²) in [5.41, 5.74) is 2.44. The molecule has 20 heavy (non-hydrogen) atoms. The monoisotopic (exact) mass is 274 g/mol. The number of amides is 2. The topological polar surface area (TPSA) is 70.6 Å². The molecule has 1 atom stereocenters. The summed E-state index contributed by atoms with van der Waals surface area (Å²) in [6, 6.07) is 5.38. The zero-order valence-corrected chi connectivity index (χ0v) is 11.4. The molecule has 106 valence electrons. The highest BCUT2D eigenvalue weighted by atomic mass is 16.5. The zero-order valence-electron chi connectivity index (χ0n) is 11.4. The SMILES string of the molecule is Cc1cc(C#CCO)cc(NC(=O)NC2CCOC2)c1. The first-order valence-corrected chi connectivity index (χ1v) is 6.54. The van der Waals surface area contributed by atoms with Gasteiger partial charge in [-0.25, -0.2) is 4.79 Å². The molecule has 2 amide bonds. The van der Waals surface area contributed by atoms with Crippen molar-refractivity contribution >= 4 is 11.7 Å². The number of rotatable bonds is 2. The number of aryl methyl sites for hydroxylation is 1. The van der Waals surface area contributed by atoms with Crippen molar-refractivity contribution in [3.8, 4) is 11.8 Å². The van der Waals surface area contributed by atoms with E-state index in [9.17, 15) is 4.79 Å². The zero-order chi connectivity index (χ0) is 14.4. The second kappa shape index (κ2) is 6.94. The number of aliphatic hydroxyl groups excluding tert-OH is 1. The van der Waals surface area contributed by atoms with Crippen LogP contribution in [0.3, 0.4) is 0 Å². The molecule has 5 heteroatoms. The minimum absolute atomic E-state index is 0.0773. The summed E-state index contributed by atoms with van der Waals surface area (Å²) in [6.07, 6.45) is 0.842. The number of hydrogen-bond acceptors (Lipinski definition) is 3. The average Bonchev–Trinajstić information content (AvgIpc) is 2.88. The molecular formula is C15H18N2O3. The Labute approximate surface area is 118 Å². The Morgan fingerprint density at radius 1 is 1.50 bits per heavy atom. The van der Waals surface area contributed by atoms with Crippen LogP contribution in [0.4, 0.5) is 10.5 Å². The largest absolute Gasteiger partial charge is 0.384 e. The number of ether oxygens (including phenoxy) is 1. The van der Waals surface area contributed by atoms with Gasteiger partial charge in [0.25, 0.3) is 0 Å². The Bertz CT molecular complexity index is 540. The summed E-state index contributed by atoms with van der Waals surface area (Å²) < 4.78 is 5.21. The van der Waals surface area contributed by atoms with Crippen molar-refractivity contribution in [2.75, 3.05) is 25.1 Å². The molecule has 0 bridgehead atoms. The number of nitrogens with one attached hydrogen (secondary N) is 2. The quantitative estimate of drug-likeness (QED) is 0.711. The normalized spacial score (nSPS) is 17.2. The van der Waals surface area contributed by atoms with Crippen LogP contribution >= 0.6 is 0 Å². The fourth-order valence-electron chi connectivity index (χ4n) is 2.07. The molecule has 5 nitrogen and oxygen atoms in total. The minimum atomic E-state index is -0.243. The lowest BCUT2D eigenvalue weighted by molar-refractivity contribution is 0.189. The van der Waals surface area contributed by atoms with E-state index >= 15 is 0 Å². The molecule has 0 spiro atoms. The van der Waals surface area contributed by atoms with Crippen LogP contribution < -0.4 is 10.6 Å². The van der Waals surface area contributed by atoms with E-state index in [-0.39, 0.29) is 18.7 Å². The molecule has 2 rings (SSSR count). The molecule has 1 saturated heterocycles. The van der Waals surface area contributed by atoms with Crippen molar-refractivity contribution < 1.29 is 14.6 Å². The van der Waals surface area contributed by atoms with E-state index < -0.39 is 0 Å². The van der Waals surface area contributed by atoms with Crippen molar-refractivity contribution in [1.29, 1.82) is 0 Å². The lowest BCUT2D eigenvalue weighted by atomic mass is 10.1. The Kier molecular flexibility index (Phi) is 4.99. The maximum atomic E-state index is 11.9. The third-order valence-electron chi connectivity index (χ3n) is 2.91. The number of carbonyl (C=O) groups excluding carboxylic acids is 1. The standard InChI is InChI=1S/C15H18N2O3/c1-11-7-12(3-2-5-18)9-14(8-11)17-15(19)16-13-4-6-20-10-13/h7-9,13,18H,4-6,10H2,1H3,(H2,16,17,19). The van der Waals surface area contributed by atoms with Gasteiger partial charge in [0.2, 0.25) is 0 Å². The predicted octanol–water partition coefficient (Wildman–Crippen LogP) is 1.25.